The molecule has 1 aliphatic heterocycles. The van der Waals surface area contributed by atoms with Gasteiger partial charge in [0.1, 0.15) is 0 Å². The number of nitrogens with two attached hydrogens (primary N) is 1. The Morgan fingerprint density at radius 1 is 1.50 bits per heavy atom. The van der Waals surface area contributed by atoms with Crippen LogP contribution in [0.15, 0.2) is 0 Å². The Labute approximate surface area is 84.5 Å². The van der Waals surface area contributed by atoms with Crippen molar-refractivity contribution in [2.45, 2.75) is 40.0 Å². The summed E-state index contributed by atoms with van der Waals surface area (Å²) in [6, 6.07) is 0. The monoisotopic (exact) mass is 194 g/mol. The van der Waals surface area contributed by atoms with E-state index >= 15 is 0 Å². The maximum atomic E-state index is 5.66. The lowest BCUT2D eigenvalue weighted by atomic mass is 10.2. The van der Waals surface area contributed by atoms with E-state index in [2.05, 4.69) is 28.9 Å². The van der Waals surface area contributed by atoms with Gasteiger partial charge in [-0.3, -0.25) is 4.68 Å². The second-order valence-electron chi connectivity index (χ2n) is 4.26. The molecule has 0 bridgehead atoms. The molecule has 1 aromatic rings. The molecule has 0 aliphatic carbocycles. The van der Waals surface area contributed by atoms with Gasteiger partial charge in [-0.25, -0.2) is 0 Å². The predicted molar refractivity (Wildman–Crippen MR) is 55.5 cm³/mol. The molecule has 78 valence electrons. The number of nitrogens with zero attached hydrogens (tertiary/aromatic N) is 2. The molecule has 0 radical (unpaired) electrons. The van der Waals surface area contributed by atoms with Crippen molar-refractivity contribution in [2.24, 2.45) is 11.7 Å². The van der Waals surface area contributed by atoms with Crippen LogP contribution < -0.4 is 11.1 Å². The SMILES string of the molecule is CC(C)Cn1nc(CN)c2c1CNC2. The van der Waals surface area contributed by atoms with Crippen LogP contribution in [0.4, 0.5) is 0 Å². The van der Waals surface area contributed by atoms with E-state index in [9.17, 15) is 0 Å². The molecule has 1 aromatic heterocycles. The topological polar surface area (TPSA) is 55.9 Å². The first kappa shape index (κ1) is 9.68. The van der Waals surface area contributed by atoms with E-state index < -0.39 is 0 Å². The molecule has 4 heteroatoms. The summed E-state index contributed by atoms with van der Waals surface area (Å²) in [5.41, 5.74) is 9.38. The van der Waals surface area contributed by atoms with Gasteiger partial charge in [-0.05, 0) is 5.92 Å². The van der Waals surface area contributed by atoms with Crippen molar-refractivity contribution in [1.29, 1.82) is 0 Å². The van der Waals surface area contributed by atoms with E-state index in [1.807, 2.05) is 0 Å². The van der Waals surface area contributed by atoms with Gasteiger partial charge in [-0.2, -0.15) is 5.10 Å². The highest BCUT2D eigenvalue weighted by molar-refractivity contribution is 5.29. The van der Waals surface area contributed by atoms with E-state index in [1.165, 1.54) is 11.3 Å². The molecule has 2 rings (SSSR count). The summed E-state index contributed by atoms with van der Waals surface area (Å²) in [7, 11) is 0. The van der Waals surface area contributed by atoms with Crippen molar-refractivity contribution in [3.63, 3.8) is 0 Å². The highest BCUT2D eigenvalue weighted by atomic mass is 15.3. The minimum absolute atomic E-state index is 0.551. The third-order valence-corrected chi connectivity index (χ3v) is 2.58. The lowest BCUT2D eigenvalue weighted by molar-refractivity contribution is 0.463. The molecule has 0 fully saturated rings. The minimum Gasteiger partial charge on any atom is -0.325 e. The molecule has 0 unspecified atom stereocenters. The van der Waals surface area contributed by atoms with Crippen LogP contribution >= 0.6 is 0 Å². The zero-order chi connectivity index (χ0) is 10.1. The fourth-order valence-corrected chi connectivity index (χ4v) is 1.96. The molecule has 0 saturated heterocycles. The summed E-state index contributed by atoms with van der Waals surface area (Å²) < 4.78 is 2.11. The summed E-state index contributed by atoms with van der Waals surface area (Å²) in [6.07, 6.45) is 0. The summed E-state index contributed by atoms with van der Waals surface area (Å²) in [5.74, 6) is 0.630. The highest BCUT2D eigenvalue weighted by Crippen LogP contribution is 2.20. The van der Waals surface area contributed by atoms with Crippen LogP contribution in [0.2, 0.25) is 0 Å². The third kappa shape index (κ3) is 1.55. The number of rotatable bonds is 3. The molecular formula is C10H18N4. The first-order valence-electron chi connectivity index (χ1n) is 5.20. The summed E-state index contributed by atoms with van der Waals surface area (Å²) in [5, 5.41) is 7.88. The van der Waals surface area contributed by atoms with Gasteiger partial charge in [0.25, 0.3) is 0 Å². The molecule has 0 saturated carbocycles. The number of aromatic nitrogens is 2. The maximum absolute atomic E-state index is 5.66. The molecule has 14 heavy (non-hydrogen) atoms. The van der Waals surface area contributed by atoms with E-state index in [0.29, 0.717) is 12.5 Å². The second-order valence-corrected chi connectivity index (χ2v) is 4.26. The second kappa shape index (κ2) is 3.71. The Morgan fingerprint density at radius 2 is 2.29 bits per heavy atom. The molecule has 3 N–H and O–H groups in total. The Morgan fingerprint density at radius 3 is 2.93 bits per heavy atom. The van der Waals surface area contributed by atoms with Gasteiger partial charge in [-0.1, -0.05) is 13.8 Å². The van der Waals surface area contributed by atoms with Gasteiger partial charge in [0.05, 0.1) is 11.4 Å². The quantitative estimate of drug-likeness (QED) is 0.741. The van der Waals surface area contributed by atoms with Crippen LogP contribution in [0.25, 0.3) is 0 Å². The lowest BCUT2D eigenvalue weighted by Gasteiger charge is -2.07. The Hall–Kier alpha value is -0.870. The maximum Gasteiger partial charge on any atom is 0.0808 e. The van der Waals surface area contributed by atoms with Crippen molar-refractivity contribution in [3.8, 4) is 0 Å². The smallest absolute Gasteiger partial charge is 0.0808 e. The highest BCUT2D eigenvalue weighted by Gasteiger charge is 2.21. The standard InChI is InChI=1S/C10H18N4/c1-7(2)6-14-10-5-12-4-8(10)9(3-11)13-14/h7,12H,3-6,11H2,1-2H3. The van der Waals surface area contributed by atoms with Crippen LogP contribution in [-0.2, 0) is 26.2 Å². The summed E-state index contributed by atoms with van der Waals surface area (Å²) in [4.78, 5) is 0. The van der Waals surface area contributed by atoms with E-state index in [0.717, 1.165) is 25.3 Å². The molecule has 0 amide bonds. The number of hydrogen-bond acceptors (Lipinski definition) is 3. The van der Waals surface area contributed by atoms with Gasteiger partial charge >= 0.3 is 0 Å². The van der Waals surface area contributed by atoms with Gasteiger partial charge in [0.15, 0.2) is 0 Å². The largest absolute Gasteiger partial charge is 0.325 e. The molecule has 4 nitrogen and oxygen atoms in total. The minimum atomic E-state index is 0.551. The average Bonchev–Trinajstić information content (AvgIpc) is 2.67. The Kier molecular flexibility index (Phi) is 2.56. The van der Waals surface area contributed by atoms with Gasteiger partial charge in [0.2, 0.25) is 0 Å². The predicted octanol–water partition coefficient (Wildman–Crippen LogP) is 0.601. The molecule has 0 aromatic carbocycles. The van der Waals surface area contributed by atoms with Crippen molar-refractivity contribution in [2.75, 3.05) is 0 Å². The third-order valence-electron chi connectivity index (χ3n) is 2.58. The molecule has 2 heterocycles. The number of nitrogens with one attached hydrogen (secondary N) is 1. The van der Waals surface area contributed by atoms with Gasteiger partial charge in [0, 0.05) is 31.7 Å². The van der Waals surface area contributed by atoms with Crippen LogP contribution in [0.3, 0.4) is 0 Å². The zero-order valence-electron chi connectivity index (χ0n) is 8.88. The Bertz CT molecular complexity index is 327. The van der Waals surface area contributed by atoms with Crippen LogP contribution in [0.1, 0.15) is 30.8 Å². The van der Waals surface area contributed by atoms with E-state index in [1.54, 1.807) is 0 Å². The molecule has 0 atom stereocenters. The van der Waals surface area contributed by atoms with Crippen molar-refractivity contribution in [1.82, 2.24) is 15.1 Å². The zero-order valence-corrected chi connectivity index (χ0v) is 8.88. The van der Waals surface area contributed by atoms with Crippen molar-refractivity contribution < 1.29 is 0 Å². The number of hydrogen-bond donors (Lipinski definition) is 2. The van der Waals surface area contributed by atoms with Gasteiger partial charge < -0.3 is 11.1 Å². The Balaban J connectivity index is 2.32. The first-order valence-corrected chi connectivity index (χ1v) is 5.20. The number of fused-ring (bicyclic) bond motifs is 1. The van der Waals surface area contributed by atoms with Gasteiger partial charge in [-0.15, -0.1) is 0 Å². The molecule has 1 aliphatic rings. The van der Waals surface area contributed by atoms with E-state index in [-0.39, 0.29) is 0 Å². The fraction of sp³-hybridized carbons (Fsp3) is 0.700. The average molecular weight is 194 g/mol. The molecular weight excluding hydrogens is 176 g/mol. The first-order chi connectivity index (χ1) is 6.72. The van der Waals surface area contributed by atoms with Crippen LogP contribution in [0, 0.1) is 5.92 Å². The van der Waals surface area contributed by atoms with Crippen molar-refractivity contribution in [3.05, 3.63) is 17.0 Å². The summed E-state index contributed by atoms with van der Waals surface area (Å²) >= 11 is 0. The normalized spacial score (nSPS) is 15.1. The van der Waals surface area contributed by atoms with Crippen LogP contribution in [-0.4, -0.2) is 9.78 Å². The summed E-state index contributed by atoms with van der Waals surface area (Å²) in [6.45, 7) is 7.82. The van der Waals surface area contributed by atoms with Crippen LogP contribution in [0.5, 0.6) is 0 Å². The lowest BCUT2D eigenvalue weighted by Crippen LogP contribution is -2.13. The van der Waals surface area contributed by atoms with E-state index in [4.69, 9.17) is 5.73 Å². The fourth-order valence-electron chi connectivity index (χ4n) is 1.96. The van der Waals surface area contributed by atoms with Crippen molar-refractivity contribution >= 4 is 0 Å². The molecule has 0 spiro atoms.